The fourth-order valence-electron chi connectivity index (χ4n) is 2.98. The Labute approximate surface area is 149 Å². The van der Waals surface area contributed by atoms with E-state index in [2.05, 4.69) is 6.08 Å². The molecular weight excluding hydrogens is 349 g/mol. The summed E-state index contributed by atoms with van der Waals surface area (Å²) in [7, 11) is 0. The SMILES string of the molecule is O=C1c2cc(Cl)ccc2CCC/C=C2\Sc3cc(Cl)ccc3N12. The Bertz CT molecular complexity index is 847. The van der Waals surface area contributed by atoms with Gasteiger partial charge in [-0.2, -0.15) is 0 Å². The minimum atomic E-state index is -0.0239. The van der Waals surface area contributed by atoms with E-state index in [0.29, 0.717) is 15.6 Å². The van der Waals surface area contributed by atoms with E-state index in [9.17, 15) is 4.79 Å². The van der Waals surface area contributed by atoms with Gasteiger partial charge in [0.15, 0.2) is 0 Å². The Morgan fingerprint density at radius 3 is 2.70 bits per heavy atom. The molecule has 0 unspecified atom stereocenters. The highest BCUT2D eigenvalue weighted by Gasteiger charge is 2.32. The lowest BCUT2D eigenvalue weighted by atomic mass is 10.0. The summed E-state index contributed by atoms with van der Waals surface area (Å²) >= 11 is 13.8. The molecule has 116 valence electrons. The van der Waals surface area contributed by atoms with Crippen LogP contribution >= 0.6 is 35.0 Å². The maximum absolute atomic E-state index is 13.2. The molecule has 2 aromatic rings. The van der Waals surface area contributed by atoms with Crippen molar-refractivity contribution in [3.05, 3.63) is 68.7 Å². The summed E-state index contributed by atoms with van der Waals surface area (Å²) in [5.41, 5.74) is 2.64. The largest absolute Gasteiger partial charge is 0.270 e. The molecule has 2 aromatic carbocycles. The number of nitrogens with zero attached hydrogens (tertiary/aromatic N) is 1. The number of rotatable bonds is 0. The minimum absolute atomic E-state index is 0.0239. The van der Waals surface area contributed by atoms with Crippen molar-refractivity contribution in [1.82, 2.24) is 0 Å². The predicted octanol–water partition coefficient (Wildman–Crippen LogP) is 5.92. The monoisotopic (exact) mass is 361 g/mol. The zero-order valence-corrected chi connectivity index (χ0v) is 14.5. The number of thioether (sulfide) groups is 1. The van der Waals surface area contributed by atoms with Crippen LogP contribution in [0.3, 0.4) is 0 Å². The summed E-state index contributed by atoms with van der Waals surface area (Å²) in [5.74, 6) is -0.0239. The molecule has 1 amide bonds. The van der Waals surface area contributed by atoms with Crippen molar-refractivity contribution < 1.29 is 4.79 Å². The second kappa shape index (κ2) is 5.90. The number of hydrogen-bond donors (Lipinski definition) is 0. The number of allylic oxidation sites excluding steroid dienone is 1. The molecule has 0 aliphatic carbocycles. The molecular formula is C18H13Cl2NOS. The van der Waals surface area contributed by atoms with Crippen LogP contribution in [0.1, 0.15) is 28.8 Å². The smallest absolute Gasteiger partial charge is 0.263 e. The molecule has 0 N–H and O–H groups in total. The molecule has 0 fully saturated rings. The summed E-state index contributed by atoms with van der Waals surface area (Å²) in [6.45, 7) is 0. The first-order valence-corrected chi connectivity index (χ1v) is 9.01. The zero-order chi connectivity index (χ0) is 16.0. The standard InChI is InChI=1S/C18H13Cl2NOS/c19-12-6-5-11-3-1-2-4-17-21(18(22)14(11)9-12)15-8-7-13(20)10-16(15)23-17/h4-10H,1-3H2/b17-4-. The van der Waals surface area contributed by atoms with E-state index >= 15 is 0 Å². The molecule has 0 saturated heterocycles. The third-order valence-corrected chi connectivity index (χ3v) is 5.65. The summed E-state index contributed by atoms with van der Waals surface area (Å²) in [6.07, 6.45) is 4.98. The number of aryl methyl sites for hydroxylation is 1. The number of benzene rings is 2. The molecule has 0 atom stereocenters. The van der Waals surface area contributed by atoms with E-state index in [-0.39, 0.29) is 5.91 Å². The fraction of sp³-hybridized carbons (Fsp3) is 0.167. The van der Waals surface area contributed by atoms with Crippen molar-refractivity contribution in [3.8, 4) is 0 Å². The lowest BCUT2D eigenvalue weighted by Gasteiger charge is -2.19. The van der Waals surface area contributed by atoms with Gasteiger partial charge in [-0.1, -0.05) is 47.1 Å². The Morgan fingerprint density at radius 2 is 1.83 bits per heavy atom. The number of hydrogen-bond acceptors (Lipinski definition) is 2. The zero-order valence-electron chi connectivity index (χ0n) is 12.2. The molecule has 23 heavy (non-hydrogen) atoms. The highest BCUT2D eigenvalue weighted by Crippen LogP contribution is 2.48. The van der Waals surface area contributed by atoms with Gasteiger partial charge in [-0.15, -0.1) is 0 Å². The molecule has 0 saturated carbocycles. The van der Waals surface area contributed by atoms with Crippen molar-refractivity contribution in [2.24, 2.45) is 0 Å². The van der Waals surface area contributed by atoms with Crippen LogP contribution in [0.5, 0.6) is 0 Å². The molecule has 2 aliphatic rings. The van der Waals surface area contributed by atoms with Crippen molar-refractivity contribution in [3.63, 3.8) is 0 Å². The molecule has 2 nitrogen and oxygen atoms in total. The van der Waals surface area contributed by atoms with Crippen LogP contribution in [0.2, 0.25) is 10.0 Å². The highest BCUT2D eigenvalue weighted by atomic mass is 35.5. The van der Waals surface area contributed by atoms with E-state index < -0.39 is 0 Å². The van der Waals surface area contributed by atoms with Crippen molar-refractivity contribution in [2.75, 3.05) is 4.90 Å². The Balaban J connectivity index is 1.88. The highest BCUT2D eigenvalue weighted by molar-refractivity contribution is 8.03. The van der Waals surface area contributed by atoms with Crippen LogP contribution in [0, 0.1) is 0 Å². The van der Waals surface area contributed by atoms with Gasteiger partial charge in [0.25, 0.3) is 5.91 Å². The third kappa shape index (κ3) is 2.67. The van der Waals surface area contributed by atoms with Crippen molar-refractivity contribution in [1.29, 1.82) is 0 Å². The van der Waals surface area contributed by atoms with Gasteiger partial charge in [-0.25, -0.2) is 0 Å². The second-order valence-electron chi connectivity index (χ2n) is 5.59. The molecule has 0 radical (unpaired) electrons. The second-order valence-corrected chi connectivity index (χ2v) is 7.53. The predicted molar refractivity (Wildman–Crippen MR) is 96.6 cm³/mol. The maximum Gasteiger partial charge on any atom is 0.263 e. The van der Waals surface area contributed by atoms with Gasteiger partial charge in [0.1, 0.15) is 0 Å². The number of anilines is 1. The summed E-state index contributed by atoms with van der Waals surface area (Å²) in [4.78, 5) is 16.0. The van der Waals surface area contributed by atoms with E-state index in [1.807, 2.05) is 30.3 Å². The Kier molecular flexibility index (Phi) is 3.88. The van der Waals surface area contributed by atoms with Gasteiger partial charge in [-0.3, -0.25) is 9.69 Å². The summed E-state index contributed by atoms with van der Waals surface area (Å²) in [6, 6.07) is 11.2. The normalized spacial score (nSPS) is 19.0. The lowest BCUT2D eigenvalue weighted by molar-refractivity contribution is 0.0996. The first-order chi connectivity index (χ1) is 11.1. The number of carbonyl (C=O) groups is 1. The molecule has 0 aromatic heterocycles. The molecule has 5 heteroatoms. The molecule has 4 rings (SSSR count). The van der Waals surface area contributed by atoms with E-state index in [0.717, 1.165) is 40.4 Å². The minimum Gasteiger partial charge on any atom is -0.270 e. The van der Waals surface area contributed by atoms with Crippen LogP contribution in [-0.2, 0) is 6.42 Å². The summed E-state index contributed by atoms with van der Waals surface area (Å²) in [5, 5.41) is 2.23. The third-order valence-electron chi connectivity index (χ3n) is 4.07. The van der Waals surface area contributed by atoms with Crippen molar-refractivity contribution in [2.45, 2.75) is 24.2 Å². The molecule has 2 aliphatic heterocycles. The van der Waals surface area contributed by atoms with Gasteiger partial charge >= 0.3 is 0 Å². The van der Waals surface area contributed by atoms with Crippen LogP contribution in [0.4, 0.5) is 5.69 Å². The number of amides is 1. The quantitative estimate of drug-likeness (QED) is 0.579. The molecule has 0 bridgehead atoms. The van der Waals surface area contributed by atoms with Crippen LogP contribution in [0.25, 0.3) is 0 Å². The van der Waals surface area contributed by atoms with Crippen LogP contribution in [-0.4, -0.2) is 5.91 Å². The first-order valence-electron chi connectivity index (χ1n) is 7.44. The van der Waals surface area contributed by atoms with Gasteiger partial charge < -0.3 is 0 Å². The lowest BCUT2D eigenvalue weighted by Crippen LogP contribution is -2.27. The van der Waals surface area contributed by atoms with E-state index in [4.69, 9.17) is 23.2 Å². The van der Waals surface area contributed by atoms with Gasteiger partial charge in [0.2, 0.25) is 0 Å². The first kappa shape index (κ1) is 15.1. The fourth-order valence-corrected chi connectivity index (χ4v) is 4.54. The number of fused-ring (bicyclic) bond motifs is 4. The molecule has 2 heterocycles. The topological polar surface area (TPSA) is 20.3 Å². The maximum atomic E-state index is 13.2. The van der Waals surface area contributed by atoms with Gasteiger partial charge in [-0.05, 0) is 55.2 Å². The van der Waals surface area contributed by atoms with Gasteiger partial charge in [0, 0.05) is 20.5 Å². The summed E-state index contributed by atoms with van der Waals surface area (Å²) < 4.78 is 0. The van der Waals surface area contributed by atoms with E-state index in [1.54, 1.807) is 22.7 Å². The van der Waals surface area contributed by atoms with Crippen LogP contribution < -0.4 is 4.90 Å². The van der Waals surface area contributed by atoms with Crippen LogP contribution in [0.15, 0.2) is 52.4 Å². The average Bonchev–Trinajstić information content (AvgIpc) is 2.90. The molecule has 0 spiro atoms. The number of carbonyl (C=O) groups excluding carboxylic acids is 1. The average molecular weight is 362 g/mol. The van der Waals surface area contributed by atoms with Crippen molar-refractivity contribution >= 4 is 46.6 Å². The van der Waals surface area contributed by atoms with E-state index in [1.165, 1.54) is 0 Å². The Morgan fingerprint density at radius 1 is 1.04 bits per heavy atom. The van der Waals surface area contributed by atoms with Gasteiger partial charge in [0.05, 0.1) is 10.7 Å². The number of halogens is 2. The Hall–Kier alpha value is -1.42.